The Morgan fingerprint density at radius 1 is 1.58 bits per heavy atom. The molecule has 6 nitrogen and oxygen atoms in total. The monoisotopic (exact) mass is 261 g/mol. The highest BCUT2D eigenvalue weighted by Gasteiger charge is 2.16. The first-order valence-corrected chi connectivity index (χ1v) is 6.21. The zero-order valence-electron chi connectivity index (χ0n) is 10.5. The lowest BCUT2D eigenvalue weighted by Crippen LogP contribution is -2.09. The Hall–Kier alpha value is -2.13. The molecular weight excluding hydrogens is 246 g/mol. The zero-order chi connectivity index (χ0) is 13.7. The summed E-state index contributed by atoms with van der Waals surface area (Å²) in [5.74, 6) is 0.570. The number of hydrogen-bond donors (Lipinski definition) is 1. The highest BCUT2D eigenvalue weighted by atomic mass is 16.6. The van der Waals surface area contributed by atoms with Crippen molar-refractivity contribution >= 4 is 11.4 Å². The lowest BCUT2D eigenvalue weighted by molar-refractivity contribution is -0.385. The van der Waals surface area contributed by atoms with E-state index < -0.39 is 4.92 Å². The van der Waals surface area contributed by atoms with Crippen molar-refractivity contribution in [3.05, 3.63) is 33.9 Å². The van der Waals surface area contributed by atoms with Crippen LogP contribution in [0, 0.1) is 27.4 Å². The average Bonchev–Trinajstić information content (AvgIpc) is 2.91. The molecule has 1 aliphatic rings. The number of hydrogen-bond acceptors (Lipinski definition) is 5. The van der Waals surface area contributed by atoms with Gasteiger partial charge >= 0.3 is 0 Å². The van der Waals surface area contributed by atoms with Crippen molar-refractivity contribution in [1.82, 2.24) is 0 Å². The highest BCUT2D eigenvalue weighted by Crippen LogP contribution is 2.23. The molecule has 1 aromatic rings. The van der Waals surface area contributed by atoms with Gasteiger partial charge in [-0.05, 0) is 30.9 Å². The summed E-state index contributed by atoms with van der Waals surface area (Å²) in [6.45, 7) is 2.37. The lowest BCUT2D eigenvalue weighted by Gasteiger charge is -2.09. The Kier molecular flexibility index (Phi) is 4.31. The predicted octanol–water partition coefficient (Wildman–Crippen LogP) is 2.30. The third kappa shape index (κ3) is 3.42. The number of nitrogens with zero attached hydrogens (tertiary/aromatic N) is 2. The first kappa shape index (κ1) is 13.3. The van der Waals surface area contributed by atoms with Crippen LogP contribution >= 0.6 is 0 Å². The number of nitrogens with one attached hydrogen (secondary N) is 1. The summed E-state index contributed by atoms with van der Waals surface area (Å²) in [6, 6.07) is 6.39. The second-order valence-electron chi connectivity index (χ2n) is 4.55. The summed E-state index contributed by atoms with van der Waals surface area (Å²) in [5, 5.41) is 22.8. The van der Waals surface area contributed by atoms with Gasteiger partial charge in [-0.1, -0.05) is 0 Å². The molecule has 1 N–H and O–H groups in total. The molecule has 0 aromatic heterocycles. The summed E-state index contributed by atoms with van der Waals surface area (Å²) in [5.41, 5.74) is 0.598. The van der Waals surface area contributed by atoms with Crippen molar-refractivity contribution in [2.75, 3.05) is 25.1 Å². The number of ether oxygens (including phenoxy) is 1. The van der Waals surface area contributed by atoms with Crippen molar-refractivity contribution < 1.29 is 9.66 Å². The molecule has 1 unspecified atom stereocenters. The molecule has 2 rings (SSSR count). The van der Waals surface area contributed by atoms with Gasteiger partial charge in [-0.3, -0.25) is 10.1 Å². The Labute approximate surface area is 111 Å². The zero-order valence-corrected chi connectivity index (χ0v) is 10.5. The third-order valence-electron chi connectivity index (χ3n) is 3.22. The Morgan fingerprint density at radius 3 is 3.05 bits per heavy atom. The van der Waals surface area contributed by atoms with E-state index in [9.17, 15) is 10.1 Å². The molecule has 100 valence electrons. The normalized spacial score (nSPS) is 17.9. The summed E-state index contributed by atoms with van der Waals surface area (Å²) >= 11 is 0. The summed E-state index contributed by atoms with van der Waals surface area (Å²) in [7, 11) is 0. The fraction of sp³-hybridized carbons (Fsp3) is 0.462. The van der Waals surface area contributed by atoms with Crippen molar-refractivity contribution in [2.45, 2.75) is 12.8 Å². The Balaban J connectivity index is 1.95. The van der Waals surface area contributed by atoms with Crippen LogP contribution in [-0.4, -0.2) is 24.7 Å². The van der Waals surface area contributed by atoms with Gasteiger partial charge in [-0.2, -0.15) is 5.26 Å². The minimum Gasteiger partial charge on any atom is -0.385 e. The van der Waals surface area contributed by atoms with Gasteiger partial charge in [0.1, 0.15) is 11.6 Å². The molecule has 1 saturated heterocycles. The van der Waals surface area contributed by atoms with Crippen LogP contribution in [0.2, 0.25) is 0 Å². The first-order valence-electron chi connectivity index (χ1n) is 6.21. The number of nitriles is 1. The summed E-state index contributed by atoms with van der Waals surface area (Å²) < 4.78 is 5.29. The second kappa shape index (κ2) is 6.16. The van der Waals surface area contributed by atoms with Gasteiger partial charge in [-0.25, -0.2) is 0 Å². The van der Waals surface area contributed by atoms with E-state index in [0.29, 0.717) is 11.6 Å². The van der Waals surface area contributed by atoms with Crippen LogP contribution in [0.15, 0.2) is 18.2 Å². The van der Waals surface area contributed by atoms with E-state index in [4.69, 9.17) is 10.00 Å². The molecule has 1 aromatic carbocycles. The van der Waals surface area contributed by atoms with Crippen LogP contribution < -0.4 is 5.32 Å². The molecule has 1 atom stereocenters. The SMILES string of the molecule is N#Cc1ccc(NCCC2CCOC2)cc1[N+](=O)[O-]. The van der Waals surface area contributed by atoms with Crippen LogP contribution in [0.4, 0.5) is 11.4 Å². The van der Waals surface area contributed by atoms with Crippen molar-refractivity contribution in [1.29, 1.82) is 5.26 Å². The lowest BCUT2D eigenvalue weighted by atomic mass is 10.1. The van der Waals surface area contributed by atoms with Crippen LogP contribution in [0.25, 0.3) is 0 Å². The van der Waals surface area contributed by atoms with Crippen LogP contribution in [0.1, 0.15) is 18.4 Å². The van der Waals surface area contributed by atoms with Crippen molar-refractivity contribution in [2.24, 2.45) is 5.92 Å². The molecule has 0 bridgehead atoms. The minimum absolute atomic E-state index is 0.0831. The molecule has 0 spiro atoms. The molecule has 1 heterocycles. The van der Waals surface area contributed by atoms with Gasteiger partial charge in [0.05, 0.1) is 4.92 Å². The van der Waals surface area contributed by atoms with Crippen LogP contribution in [0.3, 0.4) is 0 Å². The van der Waals surface area contributed by atoms with Gasteiger partial charge in [-0.15, -0.1) is 0 Å². The number of rotatable bonds is 5. The number of benzene rings is 1. The van der Waals surface area contributed by atoms with E-state index in [1.165, 1.54) is 12.1 Å². The number of nitro benzene ring substituents is 1. The van der Waals surface area contributed by atoms with E-state index in [1.54, 1.807) is 6.07 Å². The first-order chi connectivity index (χ1) is 9.20. The third-order valence-corrected chi connectivity index (χ3v) is 3.22. The quantitative estimate of drug-likeness (QED) is 0.649. The highest BCUT2D eigenvalue weighted by molar-refractivity contribution is 5.59. The molecule has 1 aliphatic heterocycles. The smallest absolute Gasteiger partial charge is 0.289 e. The van der Waals surface area contributed by atoms with Gasteiger partial charge in [0.25, 0.3) is 5.69 Å². The number of anilines is 1. The van der Waals surface area contributed by atoms with Gasteiger partial charge in [0, 0.05) is 31.5 Å². The van der Waals surface area contributed by atoms with E-state index in [2.05, 4.69) is 5.32 Å². The average molecular weight is 261 g/mol. The summed E-state index contributed by atoms with van der Waals surface area (Å²) in [6.07, 6.45) is 2.06. The largest absolute Gasteiger partial charge is 0.385 e. The number of nitro groups is 1. The van der Waals surface area contributed by atoms with Crippen LogP contribution in [0.5, 0.6) is 0 Å². The van der Waals surface area contributed by atoms with Crippen molar-refractivity contribution in [3.63, 3.8) is 0 Å². The van der Waals surface area contributed by atoms with E-state index in [0.717, 1.165) is 32.6 Å². The van der Waals surface area contributed by atoms with Gasteiger partial charge in [0.2, 0.25) is 0 Å². The molecular formula is C13H15N3O3. The molecule has 0 saturated carbocycles. The Morgan fingerprint density at radius 2 is 2.42 bits per heavy atom. The Bertz CT molecular complexity index is 504. The minimum atomic E-state index is -0.533. The standard InChI is InChI=1S/C13H15N3O3/c14-8-11-1-2-12(7-13(11)16(17)18)15-5-3-10-4-6-19-9-10/h1-2,7,10,15H,3-6,9H2. The summed E-state index contributed by atoms with van der Waals surface area (Å²) in [4.78, 5) is 10.3. The molecule has 0 radical (unpaired) electrons. The van der Waals surface area contributed by atoms with Crippen LogP contribution in [-0.2, 0) is 4.74 Å². The van der Waals surface area contributed by atoms with E-state index in [1.807, 2.05) is 6.07 Å². The predicted molar refractivity (Wildman–Crippen MR) is 69.8 cm³/mol. The molecule has 0 amide bonds. The molecule has 6 heteroatoms. The van der Waals surface area contributed by atoms with Gasteiger partial charge in [0.15, 0.2) is 0 Å². The van der Waals surface area contributed by atoms with Gasteiger partial charge < -0.3 is 10.1 Å². The molecule has 0 aliphatic carbocycles. The maximum Gasteiger partial charge on any atom is 0.289 e. The maximum atomic E-state index is 10.8. The molecule has 19 heavy (non-hydrogen) atoms. The van der Waals surface area contributed by atoms with Crippen molar-refractivity contribution in [3.8, 4) is 6.07 Å². The second-order valence-corrected chi connectivity index (χ2v) is 4.55. The maximum absolute atomic E-state index is 10.8. The van der Waals surface area contributed by atoms with E-state index in [-0.39, 0.29) is 11.3 Å². The topological polar surface area (TPSA) is 88.2 Å². The molecule has 1 fully saturated rings. The van der Waals surface area contributed by atoms with E-state index >= 15 is 0 Å². The fourth-order valence-electron chi connectivity index (χ4n) is 2.12. The fourth-order valence-corrected chi connectivity index (χ4v) is 2.12.